The molecule has 0 fully saturated rings. The van der Waals surface area contributed by atoms with Crippen molar-refractivity contribution in [2.75, 3.05) is 13.2 Å². The van der Waals surface area contributed by atoms with E-state index < -0.39 is 32.7 Å². The van der Waals surface area contributed by atoms with Crippen LogP contribution in [0.1, 0.15) is 0 Å². The molecule has 0 saturated heterocycles. The first-order valence-electron chi connectivity index (χ1n) is 4.70. The Labute approximate surface area is 112 Å². The van der Waals surface area contributed by atoms with Crippen LogP contribution in [0.15, 0.2) is 35.2 Å². The van der Waals surface area contributed by atoms with E-state index in [1.165, 1.54) is 24.3 Å². The van der Waals surface area contributed by atoms with Crippen molar-refractivity contribution in [1.82, 2.24) is 0 Å². The van der Waals surface area contributed by atoms with Crippen LogP contribution in [0.4, 0.5) is 0 Å². The molecule has 1 atom stereocenters. The number of nitrogens with zero attached hydrogens (tertiary/aromatic N) is 1. The van der Waals surface area contributed by atoms with Crippen molar-refractivity contribution in [3.63, 3.8) is 0 Å². The Morgan fingerprint density at radius 2 is 1.94 bits per heavy atom. The zero-order valence-electron chi connectivity index (χ0n) is 9.02. The Balaban J connectivity index is 2.83. The molecular formula is C9H10BrNO6S. The molecule has 1 aromatic rings. The quantitative estimate of drug-likeness (QED) is 0.269. The third-order valence-electron chi connectivity index (χ3n) is 2.04. The van der Waals surface area contributed by atoms with Gasteiger partial charge in [-0.2, -0.15) is 8.42 Å². The topological polar surface area (TPSA) is 107 Å². The number of nitro groups is 1. The average Bonchev–Trinajstić information content (AvgIpc) is 2.37. The lowest BCUT2D eigenvalue weighted by molar-refractivity contribution is -0.541. The highest BCUT2D eigenvalue weighted by Gasteiger charge is 2.41. The summed E-state index contributed by atoms with van der Waals surface area (Å²) in [5.74, 6) is 0. The molecule has 0 aliphatic rings. The highest BCUT2D eigenvalue weighted by atomic mass is 79.9. The van der Waals surface area contributed by atoms with Gasteiger partial charge >= 0.3 is 4.45 Å². The molecule has 0 spiro atoms. The van der Waals surface area contributed by atoms with E-state index in [1.807, 2.05) is 0 Å². The monoisotopic (exact) mass is 339 g/mol. The minimum atomic E-state index is -4.08. The largest absolute Gasteiger partial charge is 0.388 e. The van der Waals surface area contributed by atoms with Crippen LogP contribution in [-0.4, -0.2) is 36.1 Å². The van der Waals surface area contributed by atoms with Gasteiger partial charge in [-0.25, -0.2) is 0 Å². The summed E-state index contributed by atoms with van der Waals surface area (Å²) in [4.78, 5) is 9.67. The second-order valence-corrected chi connectivity index (χ2v) is 6.45. The van der Waals surface area contributed by atoms with Crippen molar-refractivity contribution in [2.24, 2.45) is 0 Å². The zero-order chi connectivity index (χ0) is 13.8. The molecule has 18 heavy (non-hydrogen) atoms. The van der Waals surface area contributed by atoms with E-state index in [0.717, 1.165) is 0 Å². The molecule has 0 aromatic heterocycles. The Morgan fingerprint density at radius 3 is 2.39 bits per heavy atom. The van der Waals surface area contributed by atoms with Crippen LogP contribution >= 0.6 is 15.9 Å². The molecule has 1 N–H and O–H groups in total. The van der Waals surface area contributed by atoms with Gasteiger partial charge in [-0.1, -0.05) is 18.2 Å². The molecule has 0 saturated carbocycles. The first kappa shape index (κ1) is 15.0. The lowest BCUT2D eigenvalue weighted by Gasteiger charge is -2.15. The van der Waals surface area contributed by atoms with Crippen LogP contribution in [-0.2, 0) is 14.3 Å². The first-order chi connectivity index (χ1) is 8.32. The Morgan fingerprint density at radius 1 is 1.39 bits per heavy atom. The fraction of sp³-hybridized carbons (Fsp3) is 0.333. The standard InChI is InChI=1S/C9H10BrNO6S/c10-9(6-12,11(13)14)7-17-18(15,16)8-4-2-1-3-5-8/h1-5,12H,6-7H2. The number of hydrogen-bond donors (Lipinski definition) is 1. The van der Waals surface area contributed by atoms with Gasteiger partial charge in [0.05, 0.1) is 4.90 Å². The number of aliphatic hydroxyl groups is 1. The molecule has 0 aliphatic heterocycles. The van der Waals surface area contributed by atoms with E-state index in [9.17, 15) is 18.5 Å². The fourth-order valence-corrected chi connectivity index (χ4v) is 2.22. The normalized spacial score (nSPS) is 15.0. The van der Waals surface area contributed by atoms with Crippen molar-refractivity contribution >= 4 is 26.0 Å². The van der Waals surface area contributed by atoms with Crippen molar-refractivity contribution < 1.29 is 22.6 Å². The second-order valence-electron chi connectivity index (χ2n) is 3.36. The molecule has 1 rings (SSSR count). The SMILES string of the molecule is O=[N+]([O-])C(Br)(CO)COS(=O)(=O)c1ccccc1. The van der Waals surface area contributed by atoms with Crippen LogP contribution in [0.2, 0.25) is 0 Å². The maximum atomic E-state index is 11.7. The molecule has 0 radical (unpaired) electrons. The molecule has 1 aromatic carbocycles. The number of halogens is 1. The van der Waals surface area contributed by atoms with Gasteiger partial charge in [0.15, 0.2) is 0 Å². The van der Waals surface area contributed by atoms with Gasteiger partial charge in [0.25, 0.3) is 10.1 Å². The first-order valence-corrected chi connectivity index (χ1v) is 6.91. The predicted molar refractivity (Wildman–Crippen MR) is 65.3 cm³/mol. The molecule has 7 nitrogen and oxygen atoms in total. The maximum Gasteiger partial charge on any atom is 0.321 e. The van der Waals surface area contributed by atoms with Gasteiger partial charge in [0, 0.05) is 20.9 Å². The van der Waals surface area contributed by atoms with E-state index in [2.05, 4.69) is 20.1 Å². The molecule has 0 heterocycles. The van der Waals surface area contributed by atoms with E-state index >= 15 is 0 Å². The summed E-state index contributed by atoms with van der Waals surface area (Å²) >= 11 is 2.64. The summed E-state index contributed by atoms with van der Waals surface area (Å²) in [6, 6.07) is 7.22. The summed E-state index contributed by atoms with van der Waals surface area (Å²) < 4.78 is 25.9. The van der Waals surface area contributed by atoms with E-state index in [0.29, 0.717) is 0 Å². The van der Waals surface area contributed by atoms with Crippen LogP contribution < -0.4 is 0 Å². The second kappa shape index (κ2) is 5.74. The summed E-state index contributed by atoms with van der Waals surface area (Å²) in [5.41, 5.74) is 0. The number of alkyl halides is 1. The van der Waals surface area contributed by atoms with Crippen molar-refractivity contribution in [2.45, 2.75) is 9.34 Å². The maximum absolute atomic E-state index is 11.7. The summed E-state index contributed by atoms with van der Waals surface area (Å²) in [7, 11) is -4.08. The van der Waals surface area contributed by atoms with Gasteiger partial charge in [-0.15, -0.1) is 0 Å². The smallest absolute Gasteiger partial charge is 0.321 e. The molecule has 1 unspecified atom stereocenters. The minimum absolute atomic E-state index is 0.110. The van der Waals surface area contributed by atoms with Crippen molar-refractivity contribution in [3.05, 3.63) is 40.4 Å². The third-order valence-corrected chi connectivity index (χ3v) is 4.08. The lowest BCUT2D eigenvalue weighted by atomic mass is 10.4. The number of rotatable bonds is 6. The Kier molecular flexibility index (Phi) is 4.79. The van der Waals surface area contributed by atoms with Gasteiger partial charge in [0.1, 0.15) is 13.2 Å². The van der Waals surface area contributed by atoms with Crippen LogP contribution in [0, 0.1) is 10.1 Å². The third kappa shape index (κ3) is 3.48. The predicted octanol–water partition coefficient (Wildman–Crippen LogP) is 0.752. The Hall–Kier alpha value is -1.03. The number of hydrogen-bond acceptors (Lipinski definition) is 6. The lowest BCUT2D eigenvalue weighted by Crippen LogP contribution is -2.41. The molecule has 0 aliphatic carbocycles. The highest BCUT2D eigenvalue weighted by Crippen LogP contribution is 2.21. The molecule has 9 heteroatoms. The summed E-state index contributed by atoms with van der Waals surface area (Å²) in [6.45, 7) is -1.71. The Bertz CT molecular complexity index is 519. The van der Waals surface area contributed by atoms with Crippen LogP contribution in [0.5, 0.6) is 0 Å². The van der Waals surface area contributed by atoms with Gasteiger partial charge in [0.2, 0.25) is 0 Å². The van der Waals surface area contributed by atoms with Gasteiger partial charge in [-0.05, 0) is 12.1 Å². The molecule has 0 bridgehead atoms. The van der Waals surface area contributed by atoms with E-state index in [-0.39, 0.29) is 4.90 Å². The van der Waals surface area contributed by atoms with Crippen LogP contribution in [0.25, 0.3) is 0 Å². The number of benzene rings is 1. The average molecular weight is 340 g/mol. The van der Waals surface area contributed by atoms with Gasteiger partial charge in [-0.3, -0.25) is 14.3 Å². The minimum Gasteiger partial charge on any atom is -0.388 e. The highest BCUT2D eigenvalue weighted by molar-refractivity contribution is 9.10. The summed E-state index contributed by atoms with van der Waals surface area (Å²) in [5, 5.41) is 19.5. The van der Waals surface area contributed by atoms with Crippen molar-refractivity contribution in [3.8, 4) is 0 Å². The van der Waals surface area contributed by atoms with Gasteiger partial charge < -0.3 is 5.11 Å². The fourth-order valence-electron chi connectivity index (χ4n) is 0.979. The van der Waals surface area contributed by atoms with Crippen LogP contribution in [0.3, 0.4) is 0 Å². The van der Waals surface area contributed by atoms with E-state index in [1.54, 1.807) is 6.07 Å². The van der Waals surface area contributed by atoms with E-state index in [4.69, 9.17) is 5.11 Å². The number of aliphatic hydroxyl groups excluding tert-OH is 1. The summed E-state index contributed by atoms with van der Waals surface area (Å²) in [6.07, 6.45) is 0. The van der Waals surface area contributed by atoms with Crippen molar-refractivity contribution in [1.29, 1.82) is 0 Å². The molecule has 100 valence electrons. The molecule has 0 amide bonds. The molecular weight excluding hydrogens is 330 g/mol. The zero-order valence-corrected chi connectivity index (χ0v) is 11.4.